The van der Waals surface area contributed by atoms with E-state index in [4.69, 9.17) is 4.74 Å². The van der Waals surface area contributed by atoms with E-state index >= 15 is 0 Å². The molecule has 1 saturated heterocycles. The molecule has 2 atom stereocenters. The number of hydrogen-bond donors (Lipinski definition) is 1. The van der Waals surface area contributed by atoms with Gasteiger partial charge in [-0.15, -0.1) is 0 Å². The van der Waals surface area contributed by atoms with Crippen LogP contribution in [-0.2, 0) is 4.74 Å². The van der Waals surface area contributed by atoms with Gasteiger partial charge in [-0.3, -0.25) is 15.0 Å². The maximum atomic E-state index is 11.2. The van der Waals surface area contributed by atoms with Gasteiger partial charge < -0.3 is 10.1 Å². The van der Waals surface area contributed by atoms with Crippen LogP contribution in [0.4, 0.5) is 5.69 Å². The number of hydrogen-bond acceptors (Lipinski definition) is 5. The summed E-state index contributed by atoms with van der Waals surface area (Å²) in [4.78, 5) is 13.0. The molecule has 6 heteroatoms. The lowest BCUT2D eigenvalue weighted by molar-refractivity contribution is -0.386. The Morgan fingerprint density at radius 2 is 2.26 bits per heavy atom. The summed E-state index contributed by atoms with van der Waals surface area (Å²) in [6.07, 6.45) is -0.0788. The molecule has 1 fully saturated rings. The van der Waals surface area contributed by atoms with Crippen molar-refractivity contribution in [1.82, 2.24) is 10.2 Å². The van der Waals surface area contributed by atoms with Gasteiger partial charge in [-0.2, -0.15) is 0 Å². The summed E-state index contributed by atoms with van der Waals surface area (Å²) in [6, 6.07) is 6.80. The minimum absolute atomic E-state index is 0.0788. The molecule has 0 saturated carbocycles. The summed E-state index contributed by atoms with van der Waals surface area (Å²) in [7, 11) is 3.83. The number of para-hydroxylation sites is 1. The van der Waals surface area contributed by atoms with Gasteiger partial charge in [0.05, 0.1) is 23.7 Å². The molecule has 1 N–H and O–H groups in total. The molecule has 1 aromatic rings. The van der Waals surface area contributed by atoms with E-state index in [1.54, 1.807) is 12.1 Å². The molecule has 1 aliphatic heterocycles. The largest absolute Gasteiger partial charge is 0.374 e. The molecule has 0 amide bonds. The van der Waals surface area contributed by atoms with Crippen molar-refractivity contribution in [2.75, 3.05) is 33.8 Å². The van der Waals surface area contributed by atoms with Gasteiger partial charge in [0, 0.05) is 24.7 Å². The Labute approximate surface area is 112 Å². The van der Waals surface area contributed by atoms with Crippen molar-refractivity contribution in [2.24, 2.45) is 0 Å². The molecule has 6 nitrogen and oxygen atoms in total. The summed E-state index contributed by atoms with van der Waals surface area (Å²) in [5.41, 5.74) is 0.876. The first-order valence-electron chi connectivity index (χ1n) is 6.35. The van der Waals surface area contributed by atoms with Gasteiger partial charge in [0.15, 0.2) is 0 Å². The molecule has 1 heterocycles. The fraction of sp³-hybridized carbons (Fsp3) is 0.538. The predicted molar refractivity (Wildman–Crippen MR) is 72.1 cm³/mol. The van der Waals surface area contributed by atoms with Crippen molar-refractivity contribution in [3.05, 3.63) is 39.9 Å². The third-order valence-corrected chi connectivity index (χ3v) is 3.46. The van der Waals surface area contributed by atoms with Crippen LogP contribution >= 0.6 is 0 Å². The zero-order valence-corrected chi connectivity index (χ0v) is 11.2. The van der Waals surface area contributed by atoms with Crippen molar-refractivity contribution in [3.63, 3.8) is 0 Å². The van der Waals surface area contributed by atoms with Gasteiger partial charge in [-0.05, 0) is 14.1 Å². The van der Waals surface area contributed by atoms with Crippen LogP contribution in [0.3, 0.4) is 0 Å². The number of likely N-dealkylation sites (N-methyl/N-ethyl adjacent to an activating group) is 2. The highest BCUT2D eigenvalue weighted by Crippen LogP contribution is 2.33. The van der Waals surface area contributed by atoms with E-state index in [1.807, 2.05) is 26.2 Å². The van der Waals surface area contributed by atoms with Crippen molar-refractivity contribution >= 4 is 5.69 Å². The van der Waals surface area contributed by atoms with E-state index in [2.05, 4.69) is 10.2 Å². The molecule has 0 spiro atoms. The number of ether oxygens (including phenoxy) is 1. The molecular formula is C13H19N3O3. The number of benzene rings is 1. The van der Waals surface area contributed by atoms with Crippen LogP contribution in [0, 0.1) is 10.1 Å². The summed E-state index contributed by atoms with van der Waals surface area (Å²) >= 11 is 0. The van der Waals surface area contributed by atoms with E-state index < -0.39 is 0 Å². The molecule has 0 bridgehead atoms. The highest BCUT2D eigenvalue weighted by atomic mass is 16.6. The highest BCUT2D eigenvalue weighted by molar-refractivity contribution is 5.42. The van der Waals surface area contributed by atoms with Crippen LogP contribution in [0.5, 0.6) is 0 Å². The van der Waals surface area contributed by atoms with Crippen LogP contribution in [0.15, 0.2) is 24.3 Å². The molecule has 0 radical (unpaired) electrons. The number of rotatable bonds is 4. The quantitative estimate of drug-likeness (QED) is 0.654. The van der Waals surface area contributed by atoms with Gasteiger partial charge in [0.1, 0.15) is 0 Å². The topological polar surface area (TPSA) is 67.6 Å². The van der Waals surface area contributed by atoms with Crippen molar-refractivity contribution < 1.29 is 9.66 Å². The number of nitrogens with zero attached hydrogens (tertiary/aromatic N) is 2. The fourth-order valence-corrected chi connectivity index (χ4v) is 2.58. The maximum Gasteiger partial charge on any atom is 0.274 e. The van der Waals surface area contributed by atoms with E-state index in [0.717, 1.165) is 12.1 Å². The number of nitro groups is 1. The molecule has 2 rings (SSSR count). The first-order valence-corrected chi connectivity index (χ1v) is 6.35. The van der Waals surface area contributed by atoms with Gasteiger partial charge >= 0.3 is 0 Å². The third-order valence-electron chi connectivity index (χ3n) is 3.46. The third kappa shape index (κ3) is 2.91. The van der Waals surface area contributed by atoms with Crippen molar-refractivity contribution in [3.8, 4) is 0 Å². The normalized spacial score (nSPS) is 24.3. The molecular weight excluding hydrogens is 246 g/mol. The van der Waals surface area contributed by atoms with Gasteiger partial charge in [0.2, 0.25) is 0 Å². The zero-order valence-electron chi connectivity index (χ0n) is 11.2. The van der Waals surface area contributed by atoms with Crippen LogP contribution in [0.2, 0.25) is 0 Å². The van der Waals surface area contributed by atoms with E-state index in [-0.39, 0.29) is 22.8 Å². The second-order valence-corrected chi connectivity index (χ2v) is 4.71. The van der Waals surface area contributed by atoms with E-state index in [0.29, 0.717) is 13.2 Å². The molecule has 1 aliphatic rings. The van der Waals surface area contributed by atoms with Gasteiger partial charge in [-0.25, -0.2) is 0 Å². The number of morpholine rings is 1. The highest BCUT2D eigenvalue weighted by Gasteiger charge is 2.34. The van der Waals surface area contributed by atoms with Crippen LogP contribution in [0.25, 0.3) is 0 Å². The smallest absolute Gasteiger partial charge is 0.274 e. The fourth-order valence-electron chi connectivity index (χ4n) is 2.58. The average molecular weight is 265 g/mol. The lowest BCUT2D eigenvalue weighted by Crippen LogP contribution is -2.47. The molecule has 2 unspecified atom stereocenters. The predicted octanol–water partition coefficient (Wildman–Crippen LogP) is 1.19. The van der Waals surface area contributed by atoms with E-state index in [9.17, 15) is 10.1 Å². The summed E-state index contributed by atoms with van der Waals surface area (Å²) in [5.74, 6) is 0. The van der Waals surface area contributed by atoms with Gasteiger partial charge in [-0.1, -0.05) is 18.2 Å². The van der Waals surface area contributed by atoms with Crippen molar-refractivity contribution in [1.29, 1.82) is 0 Å². The lowest BCUT2D eigenvalue weighted by Gasteiger charge is -2.39. The Kier molecular flexibility index (Phi) is 4.47. The Balaban J connectivity index is 2.38. The lowest BCUT2D eigenvalue weighted by atomic mass is 9.96. The average Bonchev–Trinajstić information content (AvgIpc) is 2.39. The number of nitro benzene ring substituents is 1. The minimum atomic E-state index is -0.325. The molecule has 19 heavy (non-hydrogen) atoms. The Bertz CT molecular complexity index is 451. The second-order valence-electron chi connectivity index (χ2n) is 4.71. The maximum absolute atomic E-state index is 11.2. The summed E-state index contributed by atoms with van der Waals surface area (Å²) in [5, 5.41) is 14.3. The summed E-state index contributed by atoms with van der Waals surface area (Å²) in [6.45, 7) is 2.10. The van der Waals surface area contributed by atoms with Crippen LogP contribution in [-0.4, -0.2) is 49.7 Å². The Hall–Kier alpha value is -1.50. The minimum Gasteiger partial charge on any atom is -0.374 e. The van der Waals surface area contributed by atoms with Crippen molar-refractivity contribution in [2.45, 2.75) is 12.1 Å². The van der Waals surface area contributed by atoms with E-state index in [1.165, 1.54) is 0 Å². The van der Waals surface area contributed by atoms with Crippen LogP contribution < -0.4 is 5.32 Å². The Morgan fingerprint density at radius 1 is 1.53 bits per heavy atom. The zero-order chi connectivity index (χ0) is 13.8. The number of nitrogens with one attached hydrogen (secondary N) is 1. The monoisotopic (exact) mass is 265 g/mol. The summed E-state index contributed by atoms with van der Waals surface area (Å²) < 4.78 is 5.76. The SMILES string of the molecule is CNCC1OCCN(C)C1c1ccccc1[N+](=O)[O-]. The first kappa shape index (κ1) is 13.9. The standard InChI is InChI=1S/C13H19N3O3/c1-14-9-12-13(15(2)7-8-19-12)10-5-3-4-6-11(10)16(17)18/h3-6,12-14H,7-9H2,1-2H3. The molecule has 0 aliphatic carbocycles. The molecule has 104 valence electrons. The molecule has 1 aromatic carbocycles. The van der Waals surface area contributed by atoms with Gasteiger partial charge in [0.25, 0.3) is 5.69 Å². The van der Waals surface area contributed by atoms with Crippen LogP contribution in [0.1, 0.15) is 11.6 Å². The Morgan fingerprint density at radius 3 is 2.95 bits per heavy atom. The first-order chi connectivity index (χ1) is 9.15. The molecule has 0 aromatic heterocycles. The second kappa shape index (κ2) is 6.10.